The number of esters is 1. The topological polar surface area (TPSA) is 92.8 Å². The number of sulfonamides is 1. The van der Waals surface area contributed by atoms with Crippen LogP contribution in [0.15, 0.2) is 40.6 Å². The van der Waals surface area contributed by atoms with E-state index in [9.17, 15) is 18.0 Å². The number of hydrogen-bond acceptors (Lipinski definition) is 6. The van der Waals surface area contributed by atoms with Gasteiger partial charge in [-0.3, -0.25) is 4.79 Å². The van der Waals surface area contributed by atoms with Gasteiger partial charge in [0.25, 0.3) is 5.91 Å². The molecule has 0 saturated carbocycles. The first-order valence-corrected chi connectivity index (χ1v) is 11.6. The fourth-order valence-corrected chi connectivity index (χ4v) is 6.09. The molecule has 0 aliphatic carbocycles. The summed E-state index contributed by atoms with van der Waals surface area (Å²) in [7, 11) is -2.42. The molecule has 29 heavy (non-hydrogen) atoms. The van der Waals surface area contributed by atoms with E-state index < -0.39 is 21.9 Å². The molecule has 0 spiro atoms. The van der Waals surface area contributed by atoms with Crippen molar-refractivity contribution in [2.24, 2.45) is 11.8 Å². The van der Waals surface area contributed by atoms with Gasteiger partial charge in [-0.05, 0) is 47.9 Å². The Morgan fingerprint density at radius 2 is 1.86 bits per heavy atom. The highest BCUT2D eigenvalue weighted by Crippen LogP contribution is 2.28. The number of ether oxygens (including phenoxy) is 1. The number of carbonyl (C=O) groups excluding carboxylic acids is 2. The summed E-state index contributed by atoms with van der Waals surface area (Å²) in [5.41, 5.74) is 0.532. The number of thiophene rings is 1. The lowest BCUT2D eigenvalue weighted by Gasteiger charge is -2.34. The number of amides is 1. The fraction of sp³-hybridized carbons (Fsp3) is 0.400. The van der Waals surface area contributed by atoms with E-state index in [2.05, 4.69) is 5.32 Å². The Morgan fingerprint density at radius 3 is 2.52 bits per heavy atom. The molecule has 2 atom stereocenters. The van der Waals surface area contributed by atoms with E-state index in [1.165, 1.54) is 23.5 Å². The first-order valence-electron chi connectivity index (χ1n) is 9.29. The summed E-state index contributed by atoms with van der Waals surface area (Å²) in [6, 6.07) is 7.57. The zero-order chi connectivity index (χ0) is 21.2. The second kappa shape index (κ2) is 8.64. The molecule has 0 unspecified atom stereocenters. The molecule has 3 rings (SSSR count). The second-order valence-electron chi connectivity index (χ2n) is 7.41. The molecule has 1 aliphatic rings. The summed E-state index contributed by atoms with van der Waals surface area (Å²) in [4.78, 5) is 24.8. The fourth-order valence-electron chi connectivity index (χ4n) is 3.60. The molecular formula is C20H24N2O5S2. The van der Waals surface area contributed by atoms with E-state index in [1.54, 1.807) is 23.6 Å². The largest absolute Gasteiger partial charge is 0.465 e. The maximum absolute atomic E-state index is 13.1. The van der Waals surface area contributed by atoms with E-state index >= 15 is 0 Å². The van der Waals surface area contributed by atoms with E-state index in [-0.39, 0.29) is 27.2 Å². The highest BCUT2D eigenvalue weighted by molar-refractivity contribution is 7.89. The second-order valence-corrected chi connectivity index (χ2v) is 10.3. The van der Waals surface area contributed by atoms with Crippen molar-refractivity contribution in [3.63, 3.8) is 0 Å². The number of methoxy groups -OCH3 is 1. The van der Waals surface area contributed by atoms with Gasteiger partial charge in [-0.15, -0.1) is 11.3 Å². The number of nitrogens with one attached hydrogen (secondary N) is 1. The zero-order valence-electron chi connectivity index (χ0n) is 16.5. The molecule has 1 aliphatic heterocycles. The Kier molecular flexibility index (Phi) is 6.40. The van der Waals surface area contributed by atoms with Gasteiger partial charge in [0, 0.05) is 18.7 Å². The standard InChI is InChI=1S/C20H24N2O5S2/c1-13-9-14(2)12-22(11-13)29(25,26)16-6-4-5-15(10-16)19(23)21-17-7-8-28-18(17)20(24)27-3/h4-8,10,13-14H,9,11-12H2,1-3H3,(H,21,23)/t13-,14-/m1/s1. The Morgan fingerprint density at radius 1 is 1.17 bits per heavy atom. The molecule has 0 bridgehead atoms. The van der Waals surface area contributed by atoms with Crippen LogP contribution >= 0.6 is 11.3 Å². The summed E-state index contributed by atoms with van der Waals surface area (Å²) >= 11 is 1.15. The van der Waals surface area contributed by atoms with Crippen LogP contribution in [0.3, 0.4) is 0 Å². The minimum atomic E-state index is -3.69. The average molecular weight is 437 g/mol. The van der Waals surface area contributed by atoms with Crippen LogP contribution in [0.1, 0.15) is 40.3 Å². The highest BCUT2D eigenvalue weighted by Gasteiger charge is 2.32. The van der Waals surface area contributed by atoms with Crippen LogP contribution in [0.5, 0.6) is 0 Å². The van der Waals surface area contributed by atoms with Crippen LogP contribution in [-0.4, -0.2) is 44.8 Å². The van der Waals surface area contributed by atoms with Crippen LogP contribution in [-0.2, 0) is 14.8 Å². The number of hydrogen-bond donors (Lipinski definition) is 1. The van der Waals surface area contributed by atoms with E-state index in [4.69, 9.17) is 4.74 Å². The highest BCUT2D eigenvalue weighted by atomic mass is 32.2. The molecule has 7 nitrogen and oxygen atoms in total. The lowest BCUT2D eigenvalue weighted by atomic mass is 9.94. The first-order chi connectivity index (χ1) is 13.7. The molecule has 1 N–H and O–H groups in total. The van der Waals surface area contributed by atoms with Gasteiger partial charge < -0.3 is 10.1 Å². The maximum atomic E-state index is 13.1. The normalized spacial score (nSPS) is 20.2. The number of benzene rings is 1. The third-order valence-corrected chi connectivity index (χ3v) is 7.58. The molecule has 2 aromatic rings. The summed E-state index contributed by atoms with van der Waals surface area (Å²) in [6.45, 7) is 5.03. The summed E-state index contributed by atoms with van der Waals surface area (Å²) in [6.07, 6.45) is 0.998. The van der Waals surface area contributed by atoms with Gasteiger partial charge in [-0.25, -0.2) is 13.2 Å². The maximum Gasteiger partial charge on any atom is 0.350 e. The van der Waals surface area contributed by atoms with Crippen LogP contribution in [0.25, 0.3) is 0 Å². The van der Waals surface area contributed by atoms with E-state index in [0.29, 0.717) is 18.8 Å². The van der Waals surface area contributed by atoms with Gasteiger partial charge in [0.1, 0.15) is 4.88 Å². The zero-order valence-corrected chi connectivity index (χ0v) is 18.2. The van der Waals surface area contributed by atoms with Crippen molar-refractivity contribution >= 4 is 38.9 Å². The molecule has 0 radical (unpaired) electrons. The molecule has 156 valence electrons. The quantitative estimate of drug-likeness (QED) is 0.725. The van der Waals surface area contributed by atoms with E-state index in [1.807, 2.05) is 13.8 Å². The summed E-state index contributed by atoms with van der Waals surface area (Å²) in [5.74, 6) is -0.461. The lowest BCUT2D eigenvalue weighted by molar-refractivity contribution is 0.0607. The number of anilines is 1. The van der Waals surface area contributed by atoms with Gasteiger partial charge >= 0.3 is 5.97 Å². The first kappa shape index (κ1) is 21.5. The van der Waals surface area contributed by atoms with Crippen molar-refractivity contribution in [3.8, 4) is 0 Å². The third kappa shape index (κ3) is 4.68. The van der Waals surface area contributed by atoms with Gasteiger partial charge in [0.05, 0.1) is 17.7 Å². The molecule has 2 heterocycles. The van der Waals surface area contributed by atoms with Gasteiger partial charge in [-0.2, -0.15) is 4.31 Å². The molecule has 1 fully saturated rings. The molecule has 1 aromatic carbocycles. The van der Waals surface area contributed by atoms with Crippen molar-refractivity contribution in [2.45, 2.75) is 25.2 Å². The van der Waals surface area contributed by atoms with E-state index in [0.717, 1.165) is 17.8 Å². The molecular weight excluding hydrogens is 412 g/mol. The summed E-state index contributed by atoms with van der Waals surface area (Å²) in [5, 5.41) is 4.32. The Balaban J connectivity index is 1.83. The van der Waals surface area contributed by atoms with Gasteiger partial charge in [0.2, 0.25) is 10.0 Å². The predicted molar refractivity (Wildman–Crippen MR) is 112 cm³/mol. The van der Waals surface area contributed by atoms with Crippen molar-refractivity contribution < 1.29 is 22.7 Å². The number of piperidine rings is 1. The molecule has 1 amide bonds. The number of nitrogens with zero attached hydrogens (tertiary/aromatic N) is 1. The minimum Gasteiger partial charge on any atom is -0.465 e. The summed E-state index contributed by atoms with van der Waals surface area (Å²) < 4.78 is 32.4. The van der Waals surface area contributed by atoms with Crippen LogP contribution in [0, 0.1) is 11.8 Å². The Hall–Kier alpha value is -2.23. The van der Waals surface area contributed by atoms with Crippen LogP contribution in [0.2, 0.25) is 0 Å². The minimum absolute atomic E-state index is 0.0879. The van der Waals surface area contributed by atoms with Crippen molar-refractivity contribution in [2.75, 3.05) is 25.5 Å². The predicted octanol–water partition coefficient (Wildman–Crippen LogP) is 3.45. The molecule has 1 aromatic heterocycles. The smallest absolute Gasteiger partial charge is 0.350 e. The van der Waals surface area contributed by atoms with Crippen molar-refractivity contribution in [1.82, 2.24) is 4.31 Å². The van der Waals surface area contributed by atoms with Crippen molar-refractivity contribution in [1.29, 1.82) is 0 Å². The Labute approximate surface area is 174 Å². The van der Waals surface area contributed by atoms with Gasteiger partial charge in [0.15, 0.2) is 0 Å². The lowest BCUT2D eigenvalue weighted by Crippen LogP contribution is -2.42. The Bertz CT molecular complexity index is 1010. The molecule has 1 saturated heterocycles. The molecule has 9 heteroatoms. The number of carbonyl (C=O) groups is 2. The SMILES string of the molecule is COC(=O)c1sccc1NC(=O)c1cccc(S(=O)(=O)N2C[C@H](C)C[C@@H](C)C2)c1. The van der Waals surface area contributed by atoms with Crippen molar-refractivity contribution in [3.05, 3.63) is 46.2 Å². The van der Waals surface area contributed by atoms with Gasteiger partial charge in [-0.1, -0.05) is 19.9 Å². The van der Waals surface area contributed by atoms with Crippen LogP contribution in [0.4, 0.5) is 5.69 Å². The van der Waals surface area contributed by atoms with Crippen LogP contribution < -0.4 is 5.32 Å². The third-order valence-electron chi connectivity index (χ3n) is 4.85. The monoisotopic (exact) mass is 436 g/mol. The number of rotatable bonds is 5. The average Bonchev–Trinajstić information content (AvgIpc) is 3.14.